The first-order valence-corrected chi connectivity index (χ1v) is 8.38. The van der Waals surface area contributed by atoms with Gasteiger partial charge in [0.05, 0.1) is 21.2 Å². The fourth-order valence-corrected chi connectivity index (χ4v) is 3.46. The van der Waals surface area contributed by atoms with Gasteiger partial charge in [0, 0.05) is 11.0 Å². The number of carbonyl (C=O) groups is 1. The predicted octanol–water partition coefficient (Wildman–Crippen LogP) is 4.25. The van der Waals surface area contributed by atoms with Gasteiger partial charge in [-0.3, -0.25) is 14.9 Å². The second kappa shape index (κ2) is 6.90. The maximum absolute atomic E-state index is 12.8. The van der Waals surface area contributed by atoms with E-state index < -0.39 is 10.8 Å². The van der Waals surface area contributed by atoms with E-state index in [0.29, 0.717) is 11.4 Å². The molecule has 0 amide bonds. The van der Waals surface area contributed by atoms with Crippen LogP contribution in [0.1, 0.15) is 21.7 Å². The van der Waals surface area contributed by atoms with E-state index in [4.69, 9.17) is 0 Å². The van der Waals surface area contributed by atoms with Gasteiger partial charge in [0.2, 0.25) is 0 Å². The van der Waals surface area contributed by atoms with Crippen LogP contribution in [0.15, 0.2) is 64.4 Å². The summed E-state index contributed by atoms with van der Waals surface area (Å²) in [6, 6.07) is 15.7. The highest BCUT2D eigenvalue weighted by atomic mass is 32.2. The van der Waals surface area contributed by atoms with Gasteiger partial charge < -0.3 is 0 Å². The van der Waals surface area contributed by atoms with Crippen molar-refractivity contribution >= 4 is 23.4 Å². The summed E-state index contributed by atoms with van der Waals surface area (Å²) in [4.78, 5) is 25.3. The lowest BCUT2D eigenvalue weighted by atomic mass is 10.1. The molecule has 0 aliphatic carbocycles. The summed E-state index contributed by atoms with van der Waals surface area (Å²) in [5, 5.41) is 15.5. The molecule has 0 radical (unpaired) electrons. The fourth-order valence-electron chi connectivity index (χ4n) is 2.51. The first-order chi connectivity index (χ1) is 12.0. The zero-order valence-corrected chi connectivity index (χ0v) is 14.5. The molecule has 0 atom stereocenters. The number of carbonyl (C=O) groups excluding carboxylic acids is 1. The van der Waals surface area contributed by atoms with Crippen molar-refractivity contribution in [1.82, 2.24) is 9.78 Å². The van der Waals surface area contributed by atoms with E-state index in [2.05, 4.69) is 5.10 Å². The Morgan fingerprint density at radius 1 is 1.08 bits per heavy atom. The van der Waals surface area contributed by atoms with E-state index in [1.54, 1.807) is 13.0 Å². The molecular formula is C18H15N3O3S. The summed E-state index contributed by atoms with van der Waals surface area (Å²) >= 11 is 1.52. The Morgan fingerprint density at radius 3 is 2.40 bits per heavy atom. The number of rotatable bonds is 4. The smallest absolute Gasteiger partial charge is 0.266 e. The Labute approximate surface area is 148 Å². The standard InChI is InChI=1S/C18H15N3O3S/c1-12-17(25-14-8-4-3-5-9-14)13(2)20(19-12)18(22)15-10-6-7-11-16(15)21(23)24/h3-11H,1-2H3. The fraction of sp³-hybridized carbons (Fsp3) is 0.111. The van der Waals surface area contributed by atoms with E-state index in [0.717, 1.165) is 9.79 Å². The third kappa shape index (κ3) is 3.32. The van der Waals surface area contributed by atoms with Crippen LogP contribution in [0.2, 0.25) is 0 Å². The van der Waals surface area contributed by atoms with Gasteiger partial charge in [0.1, 0.15) is 5.56 Å². The van der Waals surface area contributed by atoms with Crippen molar-refractivity contribution in [2.24, 2.45) is 0 Å². The number of benzene rings is 2. The summed E-state index contributed by atoms with van der Waals surface area (Å²) < 4.78 is 1.24. The van der Waals surface area contributed by atoms with Crippen LogP contribution in [0.3, 0.4) is 0 Å². The molecule has 0 saturated heterocycles. The molecule has 0 N–H and O–H groups in total. The molecule has 3 rings (SSSR count). The summed E-state index contributed by atoms with van der Waals surface area (Å²) in [6.45, 7) is 3.61. The molecule has 0 spiro atoms. The van der Waals surface area contributed by atoms with Crippen molar-refractivity contribution in [1.29, 1.82) is 0 Å². The number of hydrogen-bond acceptors (Lipinski definition) is 5. The number of aromatic nitrogens is 2. The molecule has 0 saturated carbocycles. The Morgan fingerprint density at radius 2 is 1.72 bits per heavy atom. The van der Waals surface area contributed by atoms with Gasteiger partial charge >= 0.3 is 0 Å². The van der Waals surface area contributed by atoms with Crippen LogP contribution >= 0.6 is 11.8 Å². The molecular weight excluding hydrogens is 338 g/mol. The number of para-hydroxylation sites is 1. The molecule has 1 aromatic heterocycles. The number of hydrogen-bond donors (Lipinski definition) is 0. The third-order valence-corrected chi connectivity index (χ3v) is 5.01. The van der Waals surface area contributed by atoms with Crippen LogP contribution < -0.4 is 0 Å². The minimum absolute atomic E-state index is 0.0226. The highest BCUT2D eigenvalue weighted by Gasteiger charge is 2.24. The summed E-state index contributed by atoms with van der Waals surface area (Å²) in [5.41, 5.74) is 1.17. The van der Waals surface area contributed by atoms with Crippen molar-refractivity contribution in [3.8, 4) is 0 Å². The van der Waals surface area contributed by atoms with Crippen molar-refractivity contribution in [2.75, 3.05) is 0 Å². The lowest BCUT2D eigenvalue weighted by molar-refractivity contribution is -0.385. The molecule has 6 nitrogen and oxygen atoms in total. The van der Waals surface area contributed by atoms with Crippen molar-refractivity contribution < 1.29 is 9.72 Å². The minimum atomic E-state index is -0.557. The molecule has 2 aromatic carbocycles. The molecule has 0 unspecified atom stereocenters. The maximum atomic E-state index is 12.8. The predicted molar refractivity (Wildman–Crippen MR) is 95.1 cm³/mol. The summed E-state index contributed by atoms with van der Waals surface area (Å²) in [5.74, 6) is -0.507. The molecule has 0 bridgehead atoms. The van der Waals surface area contributed by atoms with E-state index in [1.807, 2.05) is 37.3 Å². The zero-order valence-electron chi connectivity index (χ0n) is 13.7. The lowest BCUT2D eigenvalue weighted by Crippen LogP contribution is -2.16. The van der Waals surface area contributed by atoms with Crippen LogP contribution in [0, 0.1) is 24.0 Å². The Balaban J connectivity index is 2.01. The van der Waals surface area contributed by atoms with Crippen molar-refractivity contribution in [3.05, 3.63) is 81.7 Å². The van der Waals surface area contributed by atoms with Crippen molar-refractivity contribution in [2.45, 2.75) is 23.6 Å². The highest BCUT2D eigenvalue weighted by molar-refractivity contribution is 7.99. The van der Waals surface area contributed by atoms with Gasteiger partial charge in [-0.1, -0.05) is 42.1 Å². The van der Waals surface area contributed by atoms with Gasteiger partial charge in [0.25, 0.3) is 11.6 Å². The summed E-state index contributed by atoms with van der Waals surface area (Å²) in [6.07, 6.45) is 0. The second-order valence-corrected chi connectivity index (χ2v) is 6.49. The average molecular weight is 353 g/mol. The molecule has 1 heterocycles. The molecule has 7 heteroatoms. The van der Waals surface area contributed by atoms with Gasteiger partial charge in [0.15, 0.2) is 0 Å². The topological polar surface area (TPSA) is 78.0 Å². The van der Waals surface area contributed by atoms with Crippen LogP contribution in [-0.2, 0) is 0 Å². The first-order valence-electron chi connectivity index (χ1n) is 7.56. The molecule has 0 aliphatic heterocycles. The third-order valence-electron chi connectivity index (χ3n) is 3.71. The lowest BCUT2D eigenvalue weighted by Gasteiger charge is -2.05. The zero-order chi connectivity index (χ0) is 18.0. The second-order valence-electron chi connectivity index (χ2n) is 5.41. The number of nitro benzene ring substituents is 1. The van der Waals surface area contributed by atoms with E-state index in [-0.39, 0.29) is 11.3 Å². The van der Waals surface area contributed by atoms with Crippen LogP contribution in [0.5, 0.6) is 0 Å². The molecule has 0 fully saturated rings. The SMILES string of the molecule is Cc1nn(C(=O)c2ccccc2[N+](=O)[O-])c(C)c1Sc1ccccc1. The van der Waals surface area contributed by atoms with Gasteiger partial charge in [-0.2, -0.15) is 9.78 Å². The molecule has 3 aromatic rings. The Kier molecular flexibility index (Phi) is 4.67. The highest BCUT2D eigenvalue weighted by Crippen LogP contribution is 2.33. The van der Waals surface area contributed by atoms with Gasteiger partial charge in [-0.15, -0.1) is 0 Å². The molecule has 126 valence electrons. The van der Waals surface area contributed by atoms with Crippen molar-refractivity contribution in [3.63, 3.8) is 0 Å². The Hall–Kier alpha value is -2.93. The largest absolute Gasteiger partial charge is 0.285 e. The molecule has 0 aliphatic rings. The average Bonchev–Trinajstić information content (AvgIpc) is 2.90. The van der Waals surface area contributed by atoms with Crippen LogP contribution in [-0.4, -0.2) is 20.6 Å². The quantitative estimate of drug-likeness (QED) is 0.517. The van der Waals surface area contributed by atoms with Gasteiger partial charge in [-0.25, -0.2) is 0 Å². The minimum Gasteiger partial charge on any atom is -0.266 e. The maximum Gasteiger partial charge on any atom is 0.285 e. The Bertz CT molecular complexity index is 951. The van der Waals surface area contributed by atoms with E-state index in [9.17, 15) is 14.9 Å². The monoisotopic (exact) mass is 353 g/mol. The van der Waals surface area contributed by atoms with Crippen LogP contribution in [0.4, 0.5) is 5.69 Å². The number of nitro groups is 1. The number of nitrogens with zero attached hydrogens (tertiary/aromatic N) is 3. The van der Waals surface area contributed by atoms with Crippen LogP contribution in [0.25, 0.3) is 0 Å². The first kappa shape index (κ1) is 16.9. The van der Waals surface area contributed by atoms with E-state index in [1.165, 1.54) is 34.6 Å². The normalized spacial score (nSPS) is 10.6. The summed E-state index contributed by atoms with van der Waals surface area (Å²) in [7, 11) is 0. The van der Waals surface area contributed by atoms with E-state index >= 15 is 0 Å². The van der Waals surface area contributed by atoms with Gasteiger partial charge in [-0.05, 0) is 32.0 Å². The number of aryl methyl sites for hydroxylation is 1. The molecule has 25 heavy (non-hydrogen) atoms.